The van der Waals surface area contributed by atoms with Crippen LogP contribution in [0, 0.1) is 6.92 Å². The summed E-state index contributed by atoms with van der Waals surface area (Å²) in [7, 11) is 0. The zero-order valence-electron chi connectivity index (χ0n) is 12.0. The number of rotatable bonds is 3. The highest BCUT2D eigenvalue weighted by Crippen LogP contribution is 2.35. The molecule has 0 bridgehead atoms. The van der Waals surface area contributed by atoms with Crippen LogP contribution in [0.3, 0.4) is 0 Å². The zero-order chi connectivity index (χ0) is 15.0. The quantitative estimate of drug-likeness (QED) is 0.757. The van der Waals surface area contributed by atoms with Crippen LogP contribution in [0.2, 0.25) is 0 Å². The smallest absolute Gasteiger partial charge is 0.250 e. The topological polar surface area (TPSA) is 81.1 Å². The molecule has 0 heterocycles. The number of hydrogen-bond acceptors (Lipinski definition) is 3. The first-order valence-corrected chi connectivity index (χ1v) is 7.10. The van der Waals surface area contributed by atoms with Crippen LogP contribution in [0.4, 0.5) is 11.4 Å². The molecule has 1 amide bonds. The molecule has 21 heavy (non-hydrogen) atoms. The molecule has 1 atom stereocenters. The summed E-state index contributed by atoms with van der Waals surface area (Å²) in [5, 5.41) is 3.47. The Kier molecular flexibility index (Phi) is 3.29. The number of fused-ring (bicyclic) bond motifs is 1. The maximum absolute atomic E-state index is 11.6. The minimum atomic E-state index is -0.409. The molecule has 1 unspecified atom stereocenters. The second-order valence-corrected chi connectivity index (χ2v) is 5.61. The van der Waals surface area contributed by atoms with Crippen LogP contribution in [0.5, 0.6) is 0 Å². The summed E-state index contributed by atoms with van der Waals surface area (Å²) in [6.07, 6.45) is 1.99. The third-order valence-electron chi connectivity index (χ3n) is 4.02. The number of nitrogen functional groups attached to an aromatic ring is 1. The summed E-state index contributed by atoms with van der Waals surface area (Å²) in [6.45, 7) is 2.00. The molecule has 0 fully saturated rings. The van der Waals surface area contributed by atoms with Crippen LogP contribution in [0.1, 0.15) is 39.5 Å². The Balaban J connectivity index is 1.93. The Morgan fingerprint density at radius 3 is 2.81 bits per heavy atom. The molecule has 4 heteroatoms. The Morgan fingerprint density at radius 1 is 1.24 bits per heavy atom. The van der Waals surface area contributed by atoms with Crippen LogP contribution in [0.15, 0.2) is 36.4 Å². The van der Waals surface area contributed by atoms with Crippen LogP contribution in [-0.2, 0) is 6.42 Å². The van der Waals surface area contributed by atoms with E-state index in [-0.39, 0.29) is 6.04 Å². The second-order valence-electron chi connectivity index (χ2n) is 5.61. The van der Waals surface area contributed by atoms with E-state index in [1.165, 1.54) is 11.1 Å². The number of aryl methyl sites for hydroxylation is 2. The summed E-state index contributed by atoms with van der Waals surface area (Å²) >= 11 is 0. The van der Waals surface area contributed by atoms with Gasteiger partial charge in [0.25, 0.3) is 5.91 Å². The SMILES string of the molecule is Cc1ccc(C(N)=O)c(NC2CCc3cc(N)ccc32)c1. The molecular weight excluding hydrogens is 262 g/mol. The second kappa shape index (κ2) is 5.13. The highest BCUT2D eigenvalue weighted by Gasteiger charge is 2.23. The lowest BCUT2D eigenvalue weighted by Crippen LogP contribution is -2.16. The number of primary amides is 1. The molecule has 2 aromatic rings. The minimum absolute atomic E-state index is 0.195. The molecule has 4 nitrogen and oxygen atoms in total. The van der Waals surface area contributed by atoms with Gasteiger partial charge in [-0.3, -0.25) is 4.79 Å². The number of benzene rings is 2. The lowest BCUT2D eigenvalue weighted by Gasteiger charge is -2.18. The van der Waals surface area contributed by atoms with Crippen molar-refractivity contribution >= 4 is 17.3 Å². The van der Waals surface area contributed by atoms with Gasteiger partial charge in [-0.15, -0.1) is 0 Å². The predicted molar refractivity (Wildman–Crippen MR) is 85.2 cm³/mol. The summed E-state index contributed by atoms with van der Waals surface area (Å²) in [6, 6.07) is 11.9. The molecule has 2 aromatic carbocycles. The highest BCUT2D eigenvalue weighted by molar-refractivity contribution is 5.98. The molecule has 0 saturated carbocycles. The lowest BCUT2D eigenvalue weighted by atomic mass is 10.0. The van der Waals surface area contributed by atoms with Gasteiger partial charge in [0.2, 0.25) is 0 Å². The Labute approximate surface area is 124 Å². The fraction of sp³-hybridized carbons (Fsp3) is 0.235. The van der Waals surface area contributed by atoms with E-state index in [0.717, 1.165) is 29.8 Å². The minimum Gasteiger partial charge on any atom is -0.399 e. The third-order valence-corrected chi connectivity index (χ3v) is 4.02. The highest BCUT2D eigenvalue weighted by atomic mass is 16.1. The maximum atomic E-state index is 11.6. The van der Waals surface area contributed by atoms with E-state index in [0.29, 0.717) is 5.56 Å². The summed E-state index contributed by atoms with van der Waals surface area (Å²) in [5.74, 6) is -0.409. The first-order chi connectivity index (χ1) is 10.0. The van der Waals surface area contributed by atoms with E-state index >= 15 is 0 Å². The van der Waals surface area contributed by atoms with Gasteiger partial charge < -0.3 is 16.8 Å². The van der Waals surface area contributed by atoms with Crippen LogP contribution in [-0.4, -0.2) is 5.91 Å². The van der Waals surface area contributed by atoms with E-state index in [1.807, 2.05) is 31.2 Å². The maximum Gasteiger partial charge on any atom is 0.250 e. The molecule has 0 saturated heterocycles. The van der Waals surface area contributed by atoms with Crippen molar-refractivity contribution in [2.75, 3.05) is 11.1 Å². The van der Waals surface area contributed by atoms with Gasteiger partial charge in [0, 0.05) is 11.4 Å². The fourth-order valence-corrected chi connectivity index (χ4v) is 2.97. The van der Waals surface area contributed by atoms with Crippen molar-refractivity contribution in [2.24, 2.45) is 5.73 Å². The number of amides is 1. The van der Waals surface area contributed by atoms with Gasteiger partial charge in [-0.2, -0.15) is 0 Å². The summed E-state index contributed by atoms with van der Waals surface area (Å²) < 4.78 is 0. The van der Waals surface area contributed by atoms with Crippen molar-refractivity contribution in [3.63, 3.8) is 0 Å². The van der Waals surface area contributed by atoms with Gasteiger partial charge in [-0.1, -0.05) is 12.1 Å². The van der Waals surface area contributed by atoms with Gasteiger partial charge in [0.05, 0.1) is 11.6 Å². The number of carbonyl (C=O) groups is 1. The van der Waals surface area contributed by atoms with E-state index in [2.05, 4.69) is 11.4 Å². The van der Waals surface area contributed by atoms with Gasteiger partial charge >= 0.3 is 0 Å². The molecule has 0 spiro atoms. The molecule has 0 aromatic heterocycles. The Morgan fingerprint density at radius 2 is 2.05 bits per heavy atom. The Hall–Kier alpha value is -2.49. The first-order valence-electron chi connectivity index (χ1n) is 7.10. The molecular formula is C17H19N3O. The van der Waals surface area contributed by atoms with Crippen molar-refractivity contribution in [3.8, 4) is 0 Å². The lowest BCUT2D eigenvalue weighted by molar-refractivity contribution is 0.100. The molecule has 1 aliphatic rings. The van der Waals surface area contributed by atoms with Crippen molar-refractivity contribution in [3.05, 3.63) is 58.7 Å². The summed E-state index contributed by atoms with van der Waals surface area (Å²) in [4.78, 5) is 11.6. The van der Waals surface area contributed by atoms with E-state index in [9.17, 15) is 4.79 Å². The van der Waals surface area contributed by atoms with Crippen LogP contribution in [0.25, 0.3) is 0 Å². The van der Waals surface area contributed by atoms with Crippen LogP contribution < -0.4 is 16.8 Å². The number of nitrogens with two attached hydrogens (primary N) is 2. The number of anilines is 2. The van der Waals surface area contributed by atoms with Gasteiger partial charge in [-0.05, 0) is 60.7 Å². The number of carbonyl (C=O) groups excluding carboxylic acids is 1. The molecule has 3 rings (SSSR count). The summed E-state index contributed by atoms with van der Waals surface area (Å²) in [5.41, 5.74) is 17.0. The molecule has 0 aliphatic heterocycles. The average molecular weight is 281 g/mol. The van der Waals surface area contributed by atoms with E-state index in [1.54, 1.807) is 6.07 Å². The first kappa shape index (κ1) is 13.5. The molecule has 5 N–H and O–H groups in total. The molecule has 0 radical (unpaired) electrons. The zero-order valence-corrected chi connectivity index (χ0v) is 12.0. The van der Waals surface area contributed by atoms with Gasteiger partial charge in [0.1, 0.15) is 0 Å². The third kappa shape index (κ3) is 2.57. The number of nitrogens with one attached hydrogen (secondary N) is 1. The van der Waals surface area contributed by atoms with Gasteiger partial charge in [-0.25, -0.2) is 0 Å². The van der Waals surface area contributed by atoms with Gasteiger partial charge in [0.15, 0.2) is 0 Å². The van der Waals surface area contributed by atoms with Crippen molar-refractivity contribution < 1.29 is 4.79 Å². The fourth-order valence-electron chi connectivity index (χ4n) is 2.97. The normalized spacial score (nSPS) is 16.5. The van der Waals surface area contributed by atoms with Crippen LogP contribution >= 0.6 is 0 Å². The molecule has 1 aliphatic carbocycles. The van der Waals surface area contributed by atoms with Crippen molar-refractivity contribution in [1.29, 1.82) is 0 Å². The molecule has 108 valence electrons. The average Bonchev–Trinajstić information content (AvgIpc) is 2.81. The van der Waals surface area contributed by atoms with E-state index in [4.69, 9.17) is 11.5 Å². The Bertz CT molecular complexity index is 709. The predicted octanol–water partition coefficient (Wildman–Crippen LogP) is 2.78. The van der Waals surface area contributed by atoms with Crippen molar-refractivity contribution in [2.45, 2.75) is 25.8 Å². The standard InChI is InChI=1S/C17H19N3O/c1-10-2-5-14(17(19)21)16(8-10)20-15-7-3-11-9-12(18)4-6-13(11)15/h2,4-6,8-9,15,20H,3,7,18H2,1H3,(H2,19,21). The number of hydrogen-bond donors (Lipinski definition) is 3. The largest absolute Gasteiger partial charge is 0.399 e. The van der Waals surface area contributed by atoms with Crippen molar-refractivity contribution in [1.82, 2.24) is 0 Å². The monoisotopic (exact) mass is 281 g/mol. The van der Waals surface area contributed by atoms with E-state index < -0.39 is 5.91 Å².